The first-order valence-electron chi connectivity index (χ1n) is 11.2. The number of aliphatic hydroxyl groups is 3. The van der Waals surface area contributed by atoms with Crippen LogP contribution in [0.1, 0.15) is 33.3 Å². The highest BCUT2D eigenvalue weighted by atomic mass is 16.8. The second kappa shape index (κ2) is 9.82. The van der Waals surface area contributed by atoms with Gasteiger partial charge in [-0.15, -0.1) is 0 Å². The number of aliphatic hydroxyl groups excluding tert-OH is 3. The molecule has 1 aromatic carbocycles. The summed E-state index contributed by atoms with van der Waals surface area (Å²) in [6.45, 7) is 7.33. The van der Waals surface area contributed by atoms with E-state index in [-0.39, 0.29) is 25.4 Å². The first kappa shape index (κ1) is 24.9. The lowest BCUT2D eigenvalue weighted by Gasteiger charge is -2.25. The number of hydrogen-bond donors (Lipinski definition) is 3. The Bertz CT molecular complexity index is 772. The summed E-state index contributed by atoms with van der Waals surface area (Å²) in [5.74, 6) is -1.39. The minimum Gasteiger partial charge on any atom is -0.394 e. The number of hydrogen-bond acceptors (Lipinski definition) is 10. The molecule has 0 spiro atoms. The molecule has 5 rings (SSSR count). The van der Waals surface area contributed by atoms with Crippen molar-refractivity contribution in [3.8, 4) is 0 Å². The molecule has 0 radical (unpaired) electrons. The van der Waals surface area contributed by atoms with Crippen LogP contribution in [0.2, 0.25) is 0 Å². The summed E-state index contributed by atoms with van der Waals surface area (Å²) in [6, 6.07) is 9.89. The fraction of sp³-hybridized carbons (Fsp3) is 0.739. The molecular weight excluding hydrogens is 436 g/mol. The molecule has 0 bridgehead atoms. The molecule has 0 aromatic heterocycles. The Balaban J connectivity index is 0.000000172. The van der Waals surface area contributed by atoms with E-state index in [0.29, 0.717) is 6.61 Å². The van der Waals surface area contributed by atoms with Gasteiger partial charge in [0.2, 0.25) is 0 Å². The first-order valence-corrected chi connectivity index (χ1v) is 11.2. The third-order valence-electron chi connectivity index (χ3n) is 5.85. The summed E-state index contributed by atoms with van der Waals surface area (Å²) in [7, 11) is 0. The minimum atomic E-state index is -0.809. The lowest BCUT2D eigenvalue weighted by Crippen LogP contribution is -2.38. The van der Waals surface area contributed by atoms with Gasteiger partial charge in [0, 0.05) is 0 Å². The fourth-order valence-corrected chi connectivity index (χ4v) is 4.37. The van der Waals surface area contributed by atoms with Crippen molar-refractivity contribution in [2.75, 3.05) is 13.2 Å². The third-order valence-corrected chi connectivity index (χ3v) is 5.85. The molecule has 10 heteroatoms. The maximum atomic E-state index is 9.60. The molecule has 1 aromatic rings. The maximum absolute atomic E-state index is 9.60. The summed E-state index contributed by atoms with van der Waals surface area (Å²) >= 11 is 0. The van der Waals surface area contributed by atoms with E-state index in [1.807, 2.05) is 44.2 Å². The van der Waals surface area contributed by atoms with Gasteiger partial charge in [-0.05, 0) is 33.3 Å². The molecule has 8 atom stereocenters. The topological polar surface area (TPSA) is 125 Å². The van der Waals surface area contributed by atoms with E-state index in [4.69, 9.17) is 38.3 Å². The number of rotatable bonds is 5. The normalized spacial score (nSPS) is 40.2. The average Bonchev–Trinajstić information content (AvgIpc) is 3.43. The summed E-state index contributed by atoms with van der Waals surface area (Å²) in [4.78, 5) is 0. The SMILES string of the molecule is CC1(C)O[C@H]2O[C@H](CO)[C@H](O)[C@H]2O1.CC1(C)O[C@H]2O[C@H](CO)[C@H](OCc3ccccc3)[C@H]2O1. The fourth-order valence-electron chi connectivity index (χ4n) is 4.37. The summed E-state index contributed by atoms with van der Waals surface area (Å²) < 4.78 is 39.0. The molecule has 4 aliphatic rings. The van der Waals surface area contributed by atoms with Crippen LogP contribution in [-0.4, -0.2) is 89.3 Å². The number of fused-ring (bicyclic) bond motifs is 2. The Morgan fingerprint density at radius 1 is 0.788 bits per heavy atom. The molecule has 4 saturated heterocycles. The van der Waals surface area contributed by atoms with Crippen LogP contribution in [0.3, 0.4) is 0 Å². The van der Waals surface area contributed by atoms with Gasteiger partial charge >= 0.3 is 0 Å². The molecule has 4 aliphatic heterocycles. The molecule has 4 fully saturated rings. The standard InChI is InChI=1S/C15H20O5.C8H14O5/c1-15(2)19-13-12(11(8-16)18-14(13)20-15)17-9-10-6-4-3-5-7-10;1-8(2)12-6-5(10)4(3-9)11-7(6)13-8/h3-7,11-14,16H,8-9H2,1-2H3;4-7,9-10H,3H2,1-2H3/t11-,12+,13-,14-;4-,5+,6-,7-/m11/s1. The lowest BCUT2D eigenvalue weighted by atomic mass is 10.1. The molecule has 0 aliphatic carbocycles. The molecule has 186 valence electrons. The van der Waals surface area contributed by atoms with Crippen LogP contribution in [0.25, 0.3) is 0 Å². The predicted molar refractivity (Wildman–Crippen MR) is 113 cm³/mol. The van der Waals surface area contributed by atoms with E-state index in [1.165, 1.54) is 0 Å². The predicted octanol–water partition coefficient (Wildman–Crippen LogP) is 0.657. The van der Waals surface area contributed by atoms with Gasteiger partial charge in [0.05, 0.1) is 19.8 Å². The van der Waals surface area contributed by atoms with Crippen LogP contribution in [-0.2, 0) is 39.8 Å². The van der Waals surface area contributed by atoms with Gasteiger partial charge < -0.3 is 48.5 Å². The van der Waals surface area contributed by atoms with Crippen LogP contribution >= 0.6 is 0 Å². The summed E-state index contributed by atoms with van der Waals surface area (Å²) in [5.41, 5.74) is 1.07. The second-order valence-electron chi connectivity index (χ2n) is 9.40. The molecule has 0 amide bonds. The Morgan fingerprint density at radius 3 is 1.91 bits per heavy atom. The molecular formula is C23H34O10. The van der Waals surface area contributed by atoms with Crippen molar-refractivity contribution >= 4 is 0 Å². The van der Waals surface area contributed by atoms with Crippen molar-refractivity contribution in [1.82, 2.24) is 0 Å². The number of ether oxygens (including phenoxy) is 7. The van der Waals surface area contributed by atoms with E-state index in [1.54, 1.807) is 13.8 Å². The van der Waals surface area contributed by atoms with Crippen molar-refractivity contribution in [3.05, 3.63) is 35.9 Å². The van der Waals surface area contributed by atoms with E-state index in [9.17, 15) is 10.2 Å². The van der Waals surface area contributed by atoms with Crippen LogP contribution in [0, 0.1) is 0 Å². The molecule has 10 nitrogen and oxygen atoms in total. The van der Waals surface area contributed by atoms with Crippen molar-refractivity contribution in [1.29, 1.82) is 0 Å². The second-order valence-corrected chi connectivity index (χ2v) is 9.40. The minimum absolute atomic E-state index is 0.112. The first-order chi connectivity index (χ1) is 15.6. The highest BCUT2D eigenvalue weighted by Gasteiger charge is 2.55. The zero-order valence-electron chi connectivity index (χ0n) is 19.3. The largest absolute Gasteiger partial charge is 0.394 e. The van der Waals surface area contributed by atoms with Crippen molar-refractivity contribution < 1.29 is 48.5 Å². The molecule has 3 N–H and O–H groups in total. The van der Waals surface area contributed by atoms with E-state index < -0.39 is 48.6 Å². The van der Waals surface area contributed by atoms with Crippen LogP contribution in [0.15, 0.2) is 30.3 Å². The molecule has 0 saturated carbocycles. The van der Waals surface area contributed by atoms with Gasteiger partial charge in [0.15, 0.2) is 24.2 Å². The van der Waals surface area contributed by atoms with Crippen LogP contribution in [0.4, 0.5) is 0 Å². The van der Waals surface area contributed by atoms with E-state index in [2.05, 4.69) is 0 Å². The zero-order chi connectivity index (χ0) is 23.8. The Kier molecular flexibility index (Phi) is 7.42. The van der Waals surface area contributed by atoms with Gasteiger partial charge in [-0.3, -0.25) is 0 Å². The molecule has 33 heavy (non-hydrogen) atoms. The monoisotopic (exact) mass is 470 g/mol. The molecule has 0 unspecified atom stereocenters. The highest BCUT2D eigenvalue weighted by Crippen LogP contribution is 2.39. The number of benzene rings is 1. The van der Waals surface area contributed by atoms with E-state index >= 15 is 0 Å². The van der Waals surface area contributed by atoms with Crippen LogP contribution in [0.5, 0.6) is 0 Å². The van der Waals surface area contributed by atoms with Gasteiger partial charge in [0.1, 0.15) is 36.6 Å². The average molecular weight is 471 g/mol. The quantitative estimate of drug-likeness (QED) is 0.565. The van der Waals surface area contributed by atoms with E-state index in [0.717, 1.165) is 5.56 Å². The Morgan fingerprint density at radius 2 is 1.33 bits per heavy atom. The van der Waals surface area contributed by atoms with Crippen molar-refractivity contribution in [2.24, 2.45) is 0 Å². The lowest BCUT2D eigenvalue weighted by molar-refractivity contribution is -0.222. The molecule has 4 heterocycles. The van der Waals surface area contributed by atoms with Gasteiger partial charge in [-0.25, -0.2) is 0 Å². The smallest absolute Gasteiger partial charge is 0.190 e. The van der Waals surface area contributed by atoms with Crippen LogP contribution < -0.4 is 0 Å². The van der Waals surface area contributed by atoms with Crippen molar-refractivity contribution in [3.63, 3.8) is 0 Å². The Hall–Kier alpha value is -1.18. The highest BCUT2D eigenvalue weighted by molar-refractivity contribution is 5.13. The zero-order valence-corrected chi connectivity index (χ0v) is 19.3. The Labute approximate surface area is 193 Å². The van der Waals surface area contributed by atoms with Crippen molar-refractivity contribution in [2.45, 2.75) is 95.1 Å². The maximum Gasteiger partial charge on any atom is 0.190 e. The van der Waals surface area contributed by atoms with Gasteiger partial charge in [-0.2, -0.15) is 0 Å². The summed E-state index contributed by atoms with van der Waals surface area (Å²) in [5, 5.41) is 27.8. The third kappa shape index (κ3) is 5.57. The van der Waals surface area contributed by atoms with Gasteiger partial charge in [-0.1, -0.05) is 30.3 Å². The van der Waals surface area contributed by atoms with Gasteiger partial charge in [0.25, 0.3) is 0 Å². The summed E-state index contributed by atoms with van der Waals surface area (Å²) in [6.07, 6.45) is -3.94.